The van der Waals surface area contributed by atoms with Crippen LogP contribution in [0.1, 0.15) is 24.8 Å². The van der Waals surface area contributed by atoms with Crippen LogP contribution in [0.4, 0.5) is 0 Å². The van der Waals surface area contributed by atoms with Crippen molar-refractivity contribution in [1.82, 2.24) is 4.98 Å². The summed E-state index contributed by atoms with van der Waals surface area (Å²) in [6, 6.07) is 3.45. The molecule has 1 saturated carbocycles. The van der Waals surface area contributed by atoms with Crippen LogP contribution < -0.4 is 0 Å². The molecule has 1 aliphatic rings. The monoisotopic (exact) mass is 283 g/mol. The number of esters is 1. The van der Waals surface area contributed by atoms with Crippen LogP contribution in [0.2, 0.25) is 0 Å². The number of ether oxygens (including phenoxy) is 1. The Morgan fingerprint density at radius 1 is 1.47 bits per heavy atom. The van der Waals surface area contributed by atoms with E-state index < -0.39 is 15.3 Å². The normalized spacial score (nSPS) is 16.9. The van der Waals surface area contributed by atoms with Crippen LogP contribution in [-0.4, -0.2) is 32.2 Å². The molecule has 1 heterocycles. The molecule has 0 N–H and O–H groups in total. The maximum Gasteiger partial charge on any atom is 0.306 e. The molecule has 0 radical (unpaired) electrons. The zero-order chi connectivity index (χ0) is 13.9. The van der Waals surface area contributed by atoms with Crippen LogP contribution >= 0.6 is 0 Å². The minimum absolute atomic E-state index is 0.0240. The minimum atomic E-state index is -3.23. The molecule has 104 valence electrons. The molecule has 0 amide bonds. The van der Waals surface area contributed by atoms with Gasteiger partial charge in [-0.1, -0.05) is 6.07 Å². The maximum atomic E-state index is 12.1. The molecule has 19 heavy (non-hydrogen) atoms. The molecule has 0 aromatic carbocycles. The lowest BCUT2D eigenvalue weighted by atomic mass is 10.1. The lowest BCUT2D eigenvalue weighted by Gasteiger charge is -2.13. The highest BCUT2D eigenvalue weighted by molar-refractivity contribution is 7.90. The van der Waals surface area contributed by atoms with Gasteiger partial charge in [-0.3, -0.25) is 9.78 Å². The molecule has 0 aliphatic heterocycles. The van der Waals surface area contributed by atoms with E-state index in [1.54, 1.807) is 24.5 Å². The number of hydrogen-bond acceptors (Lipinski definition) is 5. The second kappa shape index (κ2) is 5.28. The highest BCUT2D eigenvalue weighted by Crippen LogP contribution is 2.50. The zero-order valence-electron chi connectivity index (χ0n) is 10.8. The molecule has 0 atom stereocenters. The second-order valence-electron chi connectivity index (χ2n) is 5.15. The number of sulfone groups is 1. The van der Waals surface area contributed by atoms with Gasteiger partial charge in [0.2, 0.25) is 0 Å². The van der Waals surface area contributed by atoms with Crippen molar-refractivity contribution in [2.24, 2.45) is 5.41 Å². The van der Waals surface area contributed by atoms with Crippen molar-refractivity contribution in [2.75, 3.05) is 12.9 Å². The second-order valence-corrected chi connectivity index (χ2v) is 7.21. The smallest absolute Gasteiger partial charge is 0.306 e. The number of nitrogens with zero attached hydrogens (tertiary/aromatic N) is 1. The molecule has 0 spiro atoms. The van der Waals surface area contributed by atoms with Gasteiger partial charge in [-0.05, 0) is 29.9 Å². The van der Waals surface area contributed by atoms with Crippen molar-refractivity contribution < 1.29 is 17.9 Å². The first-order chi connectivity index (χ1) is 8.95. The summed E-state index contributed by atoms with van der Waals surface area (Å²) in [6.07, 6.45) is 4.89. The zero-order valence-corrected chi connectivity index (χ0v) is 11.6. The van der Waals surface area contributed by atoms with E-state index in [4.69, 9.17) is 0 Å². The quantitative estimate of drug-likeness (QED) is 0.737. The molecule has 0 bridgehead atoms. The summed E-state index contributed by atoms with van der Waals surface area (Å²) in [4.78, 5) is 15.2. The van der Waals surface area contributed by atoms with E-state index in [2.05, 4.69) is 9.72 Å². The third-order valence-corrected chi connectivity index (χ3v) is 5.16. The summed E-state index contributed by atoms with van der Waals surface area (Å²) in [5, 5.41) is 0. The van der Waals surface area contributed by atoms with E-state index in [9.17, 15) is 13.2 Å². The summed E-state index contributed by atoms with van der Waals surface area (Å²) in [6.45, 7) is 0. The van der Waals surface area contributed by atoms with Gasteiger partial charge in [0.25, 0.3) is 0 Å². The fraction of sp³-hybridized carbons (Fsp3) is 0.538. The molecular weight excluding hydrogens is 266 g/mol. The minimum Gasteiger partial charge on any atom is -0.469 e. The predicted octanol–water partition coefficient (Wildman–Crippen LogP) is 1.34. The van der Waals surface area contributed by atoms with Crippen LogP contribution in [-0.2, 0) is 25.1 Å². The topological polar surface area (TPSA) is 73.3 Å². The van der Waals surface area contributed by atoms with Crippen LogP contribution in [0, 0.1) is 5.41 Å². The first kappa shape index (κ1) is 14.0. The van der Waals surface area contributed by atoms with Gasteiger partial charge in [0.15, 0.2) is 9.84 Å². The Labute approximate surface area is 112 Å². The van der Waals surface area contributed by atoms with Gasteiger partial charge in [-0.15, -0.1) is 0 Å². The van der Waals surface area contributed by atoms with Gasteiger partial charge in [0, 0.05) is 12.4 Å². The van der Waals surface area contributed by atoms with Gasteiger partial charge >= 0.3 is 5.97 Å². The van der Waals surface area contributed by atoms with Crippen LogP contribution in [0.3, 0.4) is 0 Å². The largest absolute Gasteiger partial charge is 0.469 e. The lowest BCUT2D eigenvalue weighted by Crippen LogP contribution is -2.22. The summed E-state index contributed by atoms with van der Waals surface area (Å²) < 4.78 is 28.9. The molecular formula is C13H17NO4S. The van der Waals surface area contributed by atoms with Crippen LogP contribution in [0.15, 0.2) is 24.5 Å². The fourth-order valence-corrected chi connectivity index (χ4v) is 4.29. The number of hydrogen-bond donors (Lipinski definition) is 0. The third kappa shape index (κ3) is 4.02. The molecule has 6 heteroatoms. The van der Waals surface area contributed by atoms with Crippen LogP contribution in [0.25, 0.3) is 0 Å². The Bertz CT molecular complexity index is 549. The van der Waals surface area contributed by atoms with Gasteiger partial charge in [-0.2, -0.15) is 0 Å². The number of rotatable bonds is 6. The Kier molecular flexibility index (Phi) is 3.89. The number of carbonyl (C=O) groups is 1. The van der Waals surface area contributed by atoms with Crippen molar-refractivity contribution in [3.05, 3.63) is 30.1 Å². The van der Waals surface area contributed by atoms with Crippen molar-refractivity contribution in [3.8, 4) is 0 Å². The summed E-state index contributed by atoms with van der Waals surface area (Å²) >= 11 is 0. The van der Waals surface area contributed by atoms with Gasteiger partial charge in [-0.25, -0.2) is 8.42 Å². The first-order valence-electron chi connectivity index (χ1n) is 6.11. The Hall–Kier alpha value is -1.43. The van der Waals surface area contributed by atoms with Crippen molar-refractivity contribution >= 4 is 15.8 Å². The van der Waals surface area contributed by atoms with Gasteiger partial charge < -0.3 is 4.74 Å². The summed E-state index contributed by atoms with van der Waals surface area (Å²) in [5.74, 6) is -0.317. The average molecular weight is 283 g/mol. The summed E-state index contributed by atoms with van der Waals surface area (Å²) in [7, 11) is -1.91. The average Bonchev–Trinajstić information content (AvgIpc) is 3.08. The molecule has 1 fully saturated rings. The number of pyridine rings is 1. The Morgan fingerprint density at radius 2 is 2.21 bits per heavy atom. The predicted molar refractivity (Wildman–Crippen MR) is 70.0 cm³/mol. The molecule has 1 aliphatic carbocycles. The molecule has 2 rings (SSSR count). The Morgan fingerprint density at radius 3 is 2.74 bits per heavy atom. The van der Waals surface area contributed by atoms with E-state index >= 15 is 0 Å². The van der Waals surface area contributed by atoms with Gasteiger partial charge in [0.05, 0.1) is 25.0 Å². The summed E-state index contributed by atoms with van der Waals surface area (Å²) in [5.41, 5.74) is 0.282. The lowest BCUT2D eigenvalue weighted by molar-refractivity contribution is -0.141. The highest BCUT2D eigenvalue weighted by atomic mass is 32.2. The molecule has 5 nitrogen and oxygen atoms in total. The molecule has 1 aromatic heterocycles. The van der Waals surface area contributed by atoms with E-state index in [0.717, 1.165) is 12.8 Å². The fourth-order valence-electron chi connectivity index (χ4n) is 2.18. The van der Waals surface area contributed by atoms with E-state index in [1.807, 2.05) is 0 Å². The van der Waals surface area contributed by atoms with Crippen LogP contribution in [0.5, 0.6) is 0 Å². The van der Waals surface area contributed by atoms with E-state index in [-0.39, 0.29) is 23.9 Å². The standard InChI is InChI=1S/C13H17NO4S/c1-18-12(15)7-13(4-5-13)10-19(16,17)9-11-3-2-6-14-8-11/h2-3,6,8H,4-5,7,9-10H2,1H3. The van der Waals surface area contributed by atoms with Crippen molar-refractivity contribution in [1.29, 1.82) is 0 Å². The Balaban J connectivity index is 2.00. The molecule has 0 unspecified atom stereocenters. The molecule has 0 saturated heterocycles. The highest BCUT2D eigenvalue weighted by Gasteiger charge is 2.47. The van der Waals surface area contributed by atoms with Gasteiger partial charge in [0.1, 0.15) is 0 Å². The molecule has 1 aromatic rings. The first-order valence-corrected chi connectivity index (χ1v) is 7.93. The van der Waals surface area contributed by atoms with E-state index in [0.29, 0.717) is 5.56 Å². The van der Waals surface area contributed by atoms with Crippen molar-refractivity contribution in [2.45, 2.75) is 25.0 Å². The number of methoxy groups -OCH3 is 1. The number of aromatic nitrogens is 1. The SMILES string of the molecule is COC(=O)CC1(CS(=O)(=O)Cc2cccnc2)CC1. The van der Waals surface area contributed by atoms with E-state index in [1.165, 1.54) is 7.11 Å². The van der Waals surface area contributed by atoms with Crippen molar-refractivity contribution in [3.63, 3.8) is 0 Å². The maximum absolute atomic E-state index is 12.1. The third-order valence-electron chi connectivity index (χ3n) is 3.34. The number of carbonyl (C=O) groups excluding carboxylic acids is 1.